The largest absolute Gasteiger partial charge is 0.489 e. The minimum absolute atomic E-state index is 0.269. The van der Waals surface area contributed by atoms with Crippen molar-refractivity contribution in [1.29, 1.82) is 0 Å². The zero-order valence-electron chi connectivity index (χ0n) is 8.21. The topological polar surface area (TPSA) is 18.5 Å². The Morgan fingerprint density at radius 1 is 1.33 bits per heavy atom. The third kappa shape index (κ3) is 3.23. The van der Waals surface area contributed by atoms with E-state index in [0.29, 0.717) is 0 Å². The van der Waals surface area contributed by atoms with Crippen LogP contribution in [0.5, 0.6) is 5.75 Å². The molecule has 0 atom stereocenters. The summed E-state index contributed by atoms with van der Waals surface area (Å²) in [6.45, 7) is 1.59. The fourth-order valence-corrected chi connectivity index (χ4v) is 2.17. The van der Waals surface area contributed by atoms with Gasteiger partial charge < -0.3 is 9.47 Å². The molecule has 2 rings (SSSR count). The summed E-state index contributed by atoms with van der Waals surface area (Å²) in [6.07, 6.45) is 2.19. The number of ether oxygens (including phenoxy) is 2. The van der Waals surface area contributed by atoms with Gasteiger partial charge in [0.05, 0.1) is 16.8 Å². The average molecular weight is 339 g/mol. The molecule has 1 aromatic carbocycles. The highest BCUT2D eigenvalue weighted by Crippen LogP contribution is 2.27. The molecular formula is C11H12ClIO2. The van der Waals surface area contributed by atoms with Gasteiger partial charge in [-0.05, 0) is 40.8 Å². The summed E-state index contributed by atoms with van der Waals surface area (Å²) in [5.41, 5.74) is 0. The van der Waals surface area contributed by atoms with Crippen LogP contribution in [0.3, 0.4) is 0 Å². The molecule has 1 saturated heterocycles. The van der Waals surface area contributed by atoms with Crippen LogP contribution in [-0.4, -0.2) is 19.3 Å². The maximum atomic E-state index is 5.93. The number of hydrogen-bond acceptors (Lipinski definition) is 2. The van der Waals surface area contributed by atoms with Crippen molar-refractivity contribution in [2.75, 3.05) is 13.2 Å². The fourth-order valence-electron chi connectivity index (χ4n) is 1.54. The Hall–Kier alpha value is -0.0000000000000000833. The van der Waals surface area contributed by atoms with Gasteiger partial charge in [-0.3, -0.25) is 0 Å². The Labute approximate surface area is 108 Å². The predicted octanol–water partition coefficient (Wildman–Crippen LogP) is 3.50. The van der Waals surface area contributed by atoms with Crippen molar-refractivity contribution in [3.8, 4) is 5.75 Å². The highest BCUT2D eigenvalue weighted by molar-refractivity contribution is 14.1. The summed E-state index contributed by atoms with van der Waals surface area (Å²) in [6, 6.07) is 5.72. The molecule has 0 aliphatic carbocycles. The van der Waals surface area contributed by atoms with Crippen molar-refractivity contribution >= 4 is 34.2 Å². The van der Waals surface area contributed by atoms with E-state index in [9.17, 15) is 0 Å². The molecule has 0 radical (unpaired) electrons. The smallest absolute Gasteiger partial charge is 0.134 e. The first-order valence-corrected chi connectivity index (χ1v) is 6.41. The monoisotopic (exact) mass is 338 g/mol. The molecule has 4 heteroatoms. The second-order valence-corrected chi connectivity index (χ2v) is 5.10. The quantitative estimate of drug-likeness (QED) is 0.769. The first-order valence-electron chi connectivity index (χ1n) is 4.95. The van der Waals surface area contributed by atoms with E-state index in [1.807, 2.05) is 18.2 Å². The van der Waals surface area contributed by atoms with Crippen LogP contribution < -0.4 is 4.74 Å². The summed E-state index contributed by atoms with van der Waals surface area (Å²) >= 11 is 8.18. The third-order valence-corrected chi connectivity index (χ3v) is 3.48. The van der Waals surface area contributed by atoms with E-state index in [1.54, 1.807) is 0 Å². The lowest BCUT2D eigenvalue weighted by atomic mass is 10.1. The minimum Gasteiger partial charge on any atom is -0.489 e. The Balaban J connectivity index is 2.05. The van der Waals surface area contributed by atoms with Gasteiger partial charge in [0.25, 0.3) is 0 Å². The molecule has 1 aliphatic heterocycles. The molecule has 82 valence electrons. The second-order valence-electron chi connectivity index (χ2n) is 3.50. The second kappa shape index (κ2) is 5.37. The molecule has 0 amide bonds. The molecule has 1 aliphatic rings. The maximum absolute atomic E-state index is 5.93. The molecule has 0 aromatic heterocycles. The standard InChI is InChI=1S/C11H12ClIO2/c12-8-1-2-10(13)11(7-8)15-9-3-5-14-6-4-9/h1-2,7,9H,3-6H2. The van der Waals surface area contributed by atoms with E-state index in [0.717, 1.165) is 40.4 Å². The Bertz CT molecular complexity index is 337. The van der Waals surface area contributed by atoms with Crippen LogP contribution in [0.15, 0.2) is 18.2 Å². The third-order valence-electron chi connectivity index (χ3n) is 2.36. The molecule has 0 spiro atoms. The molecule has 1 fully saturated rings. The number of benzene rings is 1. The van der Waals surface area contributed by atoms with Gasteiger partial charge in [0.1, 0.15) is 11.9 Å². The molecule has 1 heterocycles. The zero-order valence-corrected chi connectivity index (χ0v) is 11.1. The van der Waals surface area contributed by atoms with Crippen LogP contribution in [0.25, 0.3) is 0 Å². The summed E-state index contributed by atoms with van der Waals surface area (Å²) in [5.74, 6) is 0.884. The van der Waals surface area contributed by atoms with Gasteiger partial charge >= 0.3 is 0 Å². The van der Waals surface area contributed by atoms with E-state index < -0.39 is 0 Å². The minimum atomic E-state index is 0.269. The number of rotatable bonds is 2. The lowest BCUT2D eigenvalue weighted by molar-refractivity contribution is 0.0252. The molecule has 0 saturated carbocycles. The maximum Gasteiger partial charge on any atom is 0.134 e. The molecule has 2 nitrogen and oxygen atoms in total. The summed E-state index contributed by atoms with van der Waals surface area (Å²) in [7, 11) is 0. The normalized spacial score (nSPS) is 17.7. The molecule has 0 bridgehead atoms. The highest BCUT2D eigenvalue weighted by atomic mass is 127. The van der Waals surface area contributed by atoms with Gasteiger partial charge in [-0.25, -0.2) is 0 Å². The number of hydrogen-bond donors (Lipinski definition) is 0. The number of halogens is 2. The van der Waals surface area contributed by atoms with E-state index >= 15 is 0 Å². The lowest BCUT2D eigenvalue weighted by Crippen LogP contribution is -2.26. The van der Waals surface area contributed by atoms with Crippen molar-refractivity contribution in [1.82, 2.24) is 0 Å². The predicted molar refractivity (Wildman–Crippen MR) is 68.6 cm³/mol. The van der Waals surface area contributed by atoms with E-state index in [1.165, 1.54) is 0 Å². The van der Waals surface area contributed by atoms with Crippen LogP contribution >= 0.6 is 34.2 Å². The van der Waals surface area contributed by atoms with Gasteiger partial charge in [0, 0.05) is 17.9 Å². The first-order chi connectivity index (χ1) is 7.25. The van der Waals surface area contributed by atoms with Gasteiger partial charge in [-0.2, -0.15) is 0 Å². The van der Waals surface area contributed by atoms with Crippen LogP contribution in [0.2, 0.25) is 5.02 Å². The van der Waals surface area contributed by atoms with E-state index in [-0.39, 0.29) is 6.10 Å². The van der Waals surface area contributed by atoms with Gasteiger partial charge in [-0.1, -0.05) is 11.6 Å². The van der Waals surface area contributed by atoms with E-state index in [4.69, 9.17) is 21.1 Å². The van der Waals surface area contributed by atoms with Crippen molar-refractivity contribution in [2.45, 2.75) is 18.9 Å². The van der Waals surface area contributed by atoms with Gasteiger partial charge in [0.15, 0.2) is 0 Å². The summed E-state index contributed by atoms with van der Waals surface area (Å²) in [5, 5.41) is 0.720. The van der Waals surface area contributed by atoms with Crippen molar-refractivity contribution < 1.29 is 9.47 Å². The van der Waals surface area contributed by atoms with Gasteiger partial charge in [0.2, 0.25) is 0 Å². The molecule has 1 aromatic rings. The first kappa shape index (κ1) is 11.5. The van der Waals surface area contributed by atoms with Crippen LogP contribution in [0.1, 0.15) is 12.8 Å². The molecule has 0 N–H and O–H groups in total. The fraction of sp³-hybridized carbons (Fsp3) is 0.455. The molecule has 0 unspecified atom stereocenters. The summed E-state index contributed by atoms with van der Waals surface area (Å²) in [4.78, 5) is 0. The highest BCUT2D eigenvalue weighted by Gasteiger charge is 2.16. The molecule has 15 heavy (non-hydrogen) atoms. The van der Waals surface area contributed by atoms with E-state index in [2.05, 4.69) is 22.6 Å². The van der Waals surface area contributed by atoms with Crippen LogP contribution in [0.4, 0.5) is 0 Å². The van der Waals surface area contributed by atoms with Crippen LogP contribution in [0, 0.1) is 3.57 Å². The zero-order chi connectivity index (χ0) is 10.7. The Morgan fingerprint density at radius 2 is 2.07 bits per heavy atom. The lowest BCUT2D eigenvalue weighted by Gasteiger charge is -2.23. The summed E-state index contributed by atoms with van der Waals surface area (Å²) < 4.78 is 12.3. The van der Waals surface area contributed by atoms with Crippen molar-refractivity contribution in [3.05, 3.63) is 26.8 Å². The SMILES string of the molecule is Clc1ccc(I)c(OC2CCOCC2)c1. The van der Waals surface area contributed by atoms with Crippen molar-refractivity contribution in [3.63, 3.8) is 0 Å². The molecular weight excluding hydrogens is 326 g/mol. The average Bonchev–Trinajstić information content (AvgIpc) is 2.25. The van der Waals surface area contributed by atoms with Crippen LogP contribution in [-0.2, 0) is 4.74 Å². The van der Waals surface area contributed by atoms with Gasteiger partial charge in [-0.15, -0.1) is 0 Å². The Kier molecular flexibility index (Phi) is 4.11. The Morgan fingerprint density at radius 3 is 2.80 bits per heavy atom. The van der Waals surface area contributed by atoms with Crippen molar-refractivity contribution in [2.24, 2.45) is 0 Å².